The molecule has 1 heterocycles. The lowest BCUT2D eigenvalue weighted by Crippen LogP contribution is -2.08. The highest BCUT2D eigenvalue weighted by Gasteiger charge is 2.17. The molecular formula is C15H16ClNO3S. The molecule has 6 heteroatoms. The highest BCUT2D eigenvalue weighted by Crippen LogP contribution is 2.30. The standard InChI is InChI=1S/C15H16ClNO3S/c1-3-20-15(18)13-10(5-4-6-11(13)19-2)7-8-12-14(16)17-9-21-12/h4-8,17H,3,9H2,1-2H3/b8-7+. The van der Waals surface area contributed by atoms with Crippen molar-refractivity contribution in [2.75, 3.05) is 19.6 Å². The second-order valence-electron chi connectivity index (χ2n) is 4.12. The number of rotatable bonds is 5. The number of allylic oxidation sites excluding steroid dienone is 1. The number of hydrogen-bond acceptors (Lipinski definition) is 5. The third-order valence-corrected chi connectivity index (χ3v) is 4.23. The second-order valence-corrected chi connectivity index (χ2v) is 5.52. The lowest BCUT2D eigenvalue weighted by molar-refractivity contribution is 0.0522. The Balaban J connectivity index is 2.36. The van der Waals surface area contributed by atoms with Crippen LogP contribution in [0, 0.1) is 0 Å². The quantitative estimate of drug-likeness (QED) is 0.662. The molecule has 21 heavy (non-hydrogen) atoms. The first-order valence-electron chi connectivity index (χ1n) is 6.46. The molecule has 4 nitrogen and oxygen atoms in total. The van der Waals surface area contributed by atoms with Gasteiger partial charge in [0, 0.05) is 4.91 Å². The van der Waals surface area contributed by atoms with Crippen LogP contribution in [0.25, 0.3) is 6.08 Å². The highest BCUT2D eigenvalue weighted by molar-refractivity contribution is 8.03. The van der Waals surface area contributed by atoms with Crippen LogP contribution < -0.4 is 10.1 Å². The number of ether oxygens (including phenoxy) is 2. The van der Waals surface area contributed by atoms with Crippen LogP contribution in [-0.2, 0) is 4.74 Å². The van der Waals surface area contributed by atoms with E-state index in [9.17, 15) is 4.79 Å². The summed E-state index contributed by atoms with van der Waals surface area (Å²) in [5.41, 5.74) is 1.16. The number of carbonyl (C=O) groups is 1. The van der Waals surface area contributed by atoms with Gasteiger partial charge < -0.3 is 14.8 Å². The molecule has 2 rings (SSSR count). The Labute approximate surface area is 133 Å². The second kappa shape index (κ2) is 7.43. The zero-order chi connectivity index (χ0) is 15.2. The molecule has 1 aliphatic rings. The topological polar surface area (TPSA) is 47.6 Å². The van der Waals surface area contributed by atoms with Gasteiger partial charge in [-0.2, -0.15) is 0 Å². The van der Waals surface area contributed by atoms with E-state index in [0.717, 1.165) is 16.3 Å². The molecule has 0 fully saturated rings. The minimum Gasteiger partial charge on any atom is -0.496 e. The minimum absolute atomic E-state index is 0.316. The summed E-state index contributed by atoms with van der Waals surface area (Å²) >= 11 is 7.64. The number of halogens is 1. The fourth-order valence-corrected chi connectivity index (χ4v) is 3.00. The Kier molecular flexibility index (Phi) is 5.59. The molecule has 1 aromatic carbocycles. The number of thioether (sulfide) groups is 1. The van der Waals surface area contributed by atoms with Crippen molar-refractivity contribution < 1.29 is 14.3 Å². The zero-order valence-electron chi connectivity index (χ0n) is 11.8. The van der Waals surface area contributed by atoms with E-state index in [2.05, 4.69) is 5.32 Å². The maximum atomic E-state index is 12.1. The van der Waals surface area contributed by atoms with Crippen molar-refractivity contribution in [2.24, 2.45) is 0 Å². The van der Waals surface area contributed by atoms with E-state index in [1.165, 1.54) is 7.11 Å². The summed E-state index contributed by atoms with van der Waals surface area (Å²) in [7, 11) is 1.53. The fourth-order valence-electron chi connectivity index (χ4n) is 1.89. The van der Waals surface area contributed by atoms with Gasteiger partial charge in [-0.1, -0.05) is 29.8 Å². The Bertz CT molecular complexity index is 599. The number of esters is 1. The van der Waals surface area contributed by atoms with Gasteiger partial charge in [-0.05, 0) is 24.6 Å². The van der Waals surface area contributed by atoms with Crippen LogP contribution in [0.4, 0.5) is 0 Å². The van der Waals surface area contributed by atoms with Crippen LogP contribution in [0.15, 0.2) is 34.3 Å². The van der Waals surface area contributed by atoms with E-state index >= 15 is 0 Å². The van der Waals surface area contributed by atoms with Crippen molar-refractivity contribution in [2.45, 2.75) is 6.92 Å². The molecular weight excluding hydrogens is 310 g/mol. The largest absolute Gasteiger partial charge is 0.496 e. The smallest absolute Gasteiger partial charge is 0.342 e. The van der Waals surface area contributed by atoms with Crippen LogP contribution in [-0.4, -0.2) is 25.6 Å². The molecule has 0 unspecified atom stereocenters. The molecule has 1 aromatic rings. The molecule has 0 bridgehead atoms. The van der Waals surface area contributed by atoms with Gasteiger partial charge in [-0.3, -0.25) is 0 Å². The van der Waals surface area contributed by atoms with Crippen molar-refractivity contribution >= 4 is 35.4 Å². The Morgan fingerprint density at radius 1 is 1.48 bits per heavy atom. The predicted octanol–water partition coefficient (Wildman–Crippen LogP) is 3.59. The first-order valence-corrected chi connectivity index (χ1v) is 7.82. The van der Waals surface area contributed by atoms with Crippen molar-refractivity contribution in [3.63, 3.8) is 0 Å². The fraction of sp³-hybridized carbons (Fsp3) is 0.267. The average molecular weight is 326 g/mol. The Morgan fingerprint density at radius 2 is 2.29 bits per heavy atom. The van der Waals surface area contributed by atoms with Gasteiger partial charge in [0.05, 0.1) is 19.6 Å². The highest BCUT2D eigenvalue weighted by atomic mass is 35.5. The van der Waals surface area contributed by atoms with Crippen molar-refractivity contribution in [1.29, 1.82) is 0 Å². The summed E-state index contributed by atoms with van der Waals surface area (Å²) < 4.78 is 10.4. The lowest BCUT2D eigenvalue weighted by atomic mass is 10.1. The van der Waals surface area contributed by atoms with E-state index in [1.807, 2.05) is 24.3 Å². The van der Waals surface area contributed by atoms with Crippen LogP contribution in [0.3, 0.4) is 0 Å². The number of hydrogen-bond donors (Lipinski definition) is 1. The van der Waals surface area contributed by atoms with E-state index < -0.39 is 5.97 Å². The number of benzene rings is 1. The third-order valence-electron chi connectivity index (χ3n) is 2.84. The monoisotopic (exact) mass is 325 g/mol. The number of carbonyl (C=O) groups excluding carboxylic acids is 1. The number of methoxy groups -OCH3 is 1. The van der Waals surface area contributed by atoms with Crippen LogP contribution >= 0.6 is 23.4 Å². The van der Waals surface area contributed by atoms with Crippen molar-refractivity contribution in [1.82, 2.24) is 5.32 Å². The predicted molar refractivity (Wildman–Crippen MR) is 86.5 cm³/mol. The zero-order valence-corrected chi connectivity index (χ0v) is 13.4. The van der Waals surface area contributed by atoms with Crippen molar-refractivity contribution in [3.8, 4) is 5.75 Å². The SMILES string of the molecule is CCOC(=O)c1c(/C=C/C2=C(Cl)NCS2)cccc1OC. The van der Waals surface area contributed by atoms with Crippen LogP contribution in [0.1, 0.15) is 22.8 Å². The molecule has 0 aliphatic carbocycles. The van der Waals surface area contributed by atoms with Gasteiger partial charge in [-0.25, -0.2) is 4.79 Å². The van der Waals surface area contributed by atoms with Gasteiger partial charge in [0.25, 0.3) is 0 Å². The third kappa shape index (κ3) is 3.74. The molecule has 1 N–H and O–H groups in total. The molecule has 0 radical (unpaired) electrons. The van der Waals surface area contributed by atoms with Crippen molar-refractivity contribution in [3.05, 3.63) is 45.5 Å². The summed E-state index contributed by atoms with van der Waals surface area (Å²) in [4.78, 5) is 13.1. The summed E-state index contributed by atoms with van der Waals surface area (Å²) in [6.45, 7) is 2.09. The van der Waals surface area contributed by atoms with Gasteiger partial charge in [-0.15, -0.1) is 11.8 Å². The van der Waals surface area contributed by atoms with Gasteiger partial charge in [0.15, 0.2) is 0 Å². The average Bonchev–Trinajstić information content (AvgIpc) is 2.90. The van der Waals surface area contributed by atoms with Crippen LogP contribution in [0.5, 0.6) is 5.75 Å². The van der Waals surface area contributed by atoms with Gasteiger partial charge in [0.2, 0.25) is 0 Å². The van der Waals surface area contributed by atoms with Crippen LogP contribution in [0.2, 0.25) is 0 Å². The number of nitrogens with one attached hydrogen (secondary N) is 1. The van der Waals surface area contributed by atoms with E-state index in [4.69, 9.17) is 21.1 Å². The van der Waals surface area contributed by atoms with E-state index in [1.54, 1.807) is 24.8 Å². The van der Waals surface area contributed by atoms with E-state index in [-0.39, 0.29) is 0 Å². The summed E-state index contributed by atoms with van der Waals surface area (Å²) in [6, 6.07) is 5.41. The Morgan fingerprint density at radius 3 is 2.90 bits per heavy atom. The molecule has 0 aromatic heterocycles. The lowest BCUT2D eigenvalue weighted by Gasteiger charge is -2.10. The first kappa shape index (κ1) is 15.8. The summed E-state index contributed by atoms with van der Waals surface area (Å²) in [6.07, 6.45) is 3.72. The summed E-state index contributed by atoms with van der Waals surface area (Å²) in [5.74, 6) is 0.848. The maximum absolute atomic E-state index is 12.1. The molecule has 112 valence electrons. The maximum Gasteiger partial charge on any atom is 0.342 e. The van der Waals surface area contributed by atoms with Gasteiger partial charge in [0.1, 0.15) is 16.5 Å². The Hall–Kier alpha value is -1.59. The normalized spacial score (nSPS) is 14.4. The first-order chi connectivity index (χ1) is 10.2. The minimum atomic E-state index is -0.396. The molecule has 0 saturated heterocycles. The molecule has 0 spiro atoms. The molecule has 0 atom stereocenters. The van der Waals surface area contributed by atoms with Gasteiger partial charge >= 0.3 is 5.97 Å². The van der Waals surface area contributed by atoms with E-state index in [0.29, 0.717) is 23.1 Å². The summed E-state index contributed by atoms with van der Waals surface area (Å²) in [5, 5.41) is 3.65. The molecule has 0 amide bonds. The molecule has 0 saturated carbocycles. The molecule has 1 aliphatic heterocycles.